The molecule has 0 radical (unpaired) electrons. The van der Waals surface area contributed by atoms with Crippen LogP contribution >= 0.6 is 34.8 Å². The van der Waals surface area contributed by atoms with Gasteiger partial charge in [0.25, 0.3) is 0 Å². The molecule has 0 aromatic heterocycles. The lowest BCUT2D eigenvalue weighted by molar-refractivity contribution is -0.123. The van der Waals surface area contributed by atoms with Gasteiger partial charge < -0.3 is 10.6 Å². The molecule has 0 heterocycles. The lowest BCUT2D eigenvalue weighted by Crippen LogP contribution is -2.22. The third kappa shape index (κ3) is 5.13. The van der Waals surface area contributed by atoms with E-state index < -0.39 is 11.8 Å². The Morgan fingerprint density at radius 1 is 0.875 bits per heavy atom. The lowest BCUT2D eigenvalue weighted by Gasteiger charge is -2.12. The Morgan fingerprint density at radius 3 is 2.04 bits per heavy atom. The minimum atomic E-state index is -0.480. The van der Waals surface area contributed by atoms with Crippen molar-refractivity contribution in [3.63, 3.8) is 0 Å². The molecule has 0 unspecified atom stereocenters. The third-order valence-corrected chi connectivity index (χ3v) is 3.90. The Hall–Kier alpha value is -1.75. The van der Waals surface area contributed by atoms with Crippen molar-refractivity contribution < 1.29 is 9.59 Å². The first-order valence-corrected chi connectivity index (χ1v) is 8.20. The van der Waals surface area contributed by atoms with Gasteiger partial charge in [0.15, 0.2) is 0 Å². The maximum Gasteiger partial charge on any atom is 0.233 e. The molecule has 2 aromatic rings. The molecule has 2 rings (SSSR count). The molecule has 0 aliphatic rings. The Labute approximate surface area is 155 Å². The first-order chi connectivity index (χ1) is 11.2. The van der Waals surface area contributed by atoms with E-state index in [0.717, 1.165) is 11.1 Å². The summed E-state index contributed by atoms with van der Waals surface area (Å²) in [5, 5.41) is 6.46. The zero-order valence-corrected chi connectivity index (χ0v) is 15.3. The number of benzene rings is 2. The van der Waals surface area contributed by atoms with Crippen molar-refractivity contribution in [3.8, 4) is 0 Å². The standard InChI is InChI=1S/C17H15Cl3N2O2/c1-9-3-10(2)17(14(20)4-9)22-16(24)8-15(23)21-13-6-11(18)5-12(19)7-13/h3-7H,8H2,1-2H3,(H,21,23)(H,22,24). The van der Waals surface area contributed by atoms with Gasteiger partial charge >= 0.3 is 0 Å². The van der Waals surface area contributed by atoms with Crippen molar-refractivity contribution >= 4 is 58.0 Å². The van der Waals surface area contributed by atoms with E-state index in [1.165, 1.54) is 0 Å². The van der Waals surface area contributed by atoms with Crippen LogP contribution in [0.4, 0.5) is 11.4 Å². The van der Waals surface area contributed by atoms with Gasteiger partial charge in [0.1, 0.15) is 6.42 Å². The van der Waals surface area contributed by atoms with Crippen molar-refractivity contribution in [1.29, 1.82) is 0 Å². The minimum Gasteiger partial charge on any atom is -0.326 e. The molecule has 24 heavy (non-hydrogen) atoms. The maximum atomic E-state index is 12.1. The predicted octanol–water partition coefficient (Wildman–Crippen LogP) is 5.23. The highest BCUT2D eigenvalue weighted by Gasteiger charge is 2.14. The van der Waals surface area contributed by atoms with E-state index in [-0.39, 0.29) is 6.42 Å². The zero-order valence-electron chi connectivity index (χ0n) is 13.0. The third-order valence-electron chi connectivity index (χ3n) is 3.16. The molecule has 0 aliphatic heterocycles. The number of amides is 2. The molecule has 0 saturated heterocycles. The van der Waals surface area contributed by atoms with E-state index >= 15 is 0 Å². The molecule has 2 N–H and O–H groups in total. The molecule has 2 amide bonds. The summed E-state index contributed by atoms with van der Waals surface area (Å²) in [5.74, 6) is -0.943. The van der Waals surface area contributed by atoms with Gasteiger partial charge in [-0.1, -0.05) is 40.9 Å². The van der Waals surface area contributed by atoms with Crippen LogP contribution in [0.5, 0.6) is 0 Å². The zero-order chi connectivity index (χ0) is 17.9. The molecule has 126 valence electrons. The average Bonchev–Trinajstić information content (AvgIpc) is 2.41. The summed E-state index contributed by atoms with van der Waals surface area (Å²) in [7, 11) is 0. The van der Waals surface area contributed by atoms with Gasteiger partial charge in [0, 0.05) is 15.7 Å². The SMILES string of the molecule is Cc1cc(C)c(NC(=O)CC(=O)Nc2cc(Cl)cc(Cl)c2)c(Cl)c1. The van der Waals surface area contributed by atoms with Crippen molar-refractivity contribution in [2.45, 2.75) is 20.3 Å². The summed E-state index contributed by atoms with van der Waals surface area (Å²) >= 11 is 17.9. The number of anilines is 2. The monoisotopic (exact) mass is 384 g/mol. The van der Waals surface area contributed by atoms with Crippen LogP contribution in [0.2, 0.25) is 15.1 Å². The smallest absolute Gasteiger partial charge is 0.233 e. The van der Waals surface area contributed by atoms with Crippen LogP contribution in [0.3, 0.4) is 0 Å². The second-order valence-electron chi connectivity index (χ2n) is 5.37. The average molecular weight is 386 g/mol. The van der Waals surface area contributed by atoms with E-state index in [2.05, 4.69) is 10.6 Å². The summed E-state index contributed by atoms with van der Waals surface area (Å²) in [6.07, 6.45) is -0.353. The largest absolute Gasteiger partial charge is 0.326 e. The number of carbonyl (C=O) groups is 2. The van der Waals surface area contributed by atoms with Crippen LogP contribution in [0.1, 0.15) is 17.5 Å². The highest BCUT2D eigenvalue weighted by atomic mass is 35.5. The number of nitrogens with one attached hydrogen (secondary N) is 2. The van der Waals surface area contributed by atoms with Crippen LogP contribution in [0.25, 0.3) is 0 Å². The molecule has 7 heteroatoms. The highest BCUT2D eigenvalue weighted by molar-refractivity contribution is 6.35. The summed E-state index contributed by atoms with van der Waals surface area (Å²) < 4.78 is 0. The fourth-order valence-electron chi connectivity index (χ4n) is 2.23. The first-order valence-electron chi connectivity index (χ1n) is 7.07. The molecule has 4 nitrogen and oxygen atoms in total. The molecule has 0 fully saturated rings. The summed E-state index contributed by atoms with van der Waals surface area (Å²) in [4.78, 5) is 24.0. The molecule has 2 aromatic carbocycles. The predicted molar refractivity (Wildman–Crippen MR) is 99.3 cm³/mol. The number of hydrogen-bond acceptors (Lipinski definition) is 2. The minimum absolute atomic E-state index is 0.353. The topological polar surface area (TPSA) is 58.2 Å². The molecule has 0 saturated carbocycles. The number of aryl methyl sites for hydroxylation is 2. The molecule has 0 spiro atoms. The van der Waals surface area contributed by atoms with E-state index in [9.17, 15) is 9.59 Å². The van der Waals surface area contributed by atoms with E-state index in [0.29, 0.717) is 26.4 Å². The molecule has 0 bridgehead atoms. The fraction of sp³-hybridized carbons (Fsp3) is 0.176. The summed E-state index contributed by atoms with van der Waals surface area (Å²) in [5.41, 5.74) is 2.75. The van der Waals surface area contributed by atoms with Crippen molar-refractivity contribution in [2.24, 2.45) is 0 Å². The normalized spacial score (nSPS) is 10.4. The van der Waals surface area contributed by atoms with Crippen molar-refractivity contribution in [2.75, 3.05) is 10.6 Å². The van der Waals surface area contributed by atoms with E-state index in [1.807, 2.05) is 19.9 Å². The van der Waals surface area contributed by atoms with Gasteiger partial charge in [-0.2, -0.15) is 0 Å². The van der Waals surface area contributed by atoms with E-state index in [4.69, 9.17) is 34.8 Å². The number of hydrogen-bond donors (Lipinski definition) is 2. The molecule has 0 aliphatic carbocycles. The van der Waals surface area contributed by atoms with Gasteiger partial charge in [-0.05, 0) is 49.2 Å². The Kier molecular flexibility index (Phi) is 6.10. The van der Waals surface area contributed by atoms with Gasteiger partial charge in [-0.3, -0.25) is 9.59 Å². The Balaban J connectivity index is 2.01. The second-order valence-corrected chi connectivity index (χ2v) is 6.65. The second kappa shape index (κ2) is 7.88. The number of halogens is 3. The quantitative estimate of drug-likeness (QED) is 0.708. The van der Waals surface area contributed by atoms with E-state index in [1.54, 1.807) is 24.3 Å². The molecular formula is C17H15Cl3N2O2. The number of carbonyl (C=O) groups excluding carboxylic acids is 2. The Bertz CT molecular complexity index is 763. The van der Waals surface area contributed by atoms with Gasteiger partial charge in [-0.25, -0.2) is 0 Å². The fourth-order valence-corrected chi connectivity index (χ4v) is 3.13. The van der Waals surface area contributed by atoms with Crippen molar-refractivity contribution in [1.82, 2.24) is 0 Å². The van der Waals surface area contributed by atoms with Gasteiger partial charge in [0.05, 0.1) is 10.7 Å². The summed E-state index contributed by atoms with van der Waals surface area (Å²) in [6.45, 7) is 3.75. The molecule has 0 atom stereocenters. The van der Waals surface area contributed by atoms with Crippen LogP contribution in [-0.4, -0.2) is 11.8 Å². The van der Waals surface area contributed by atoms with Crippen LogP contribution in [0, 0.1) is 13.8 Å². The number of rotatable bonds is 4. The molecular weight excluding hydrogens is 371 g/mol. The van der Waals surface area contributed by atoms with Gasteiger partial charge in [0.2, 0.25) is 11.8 Å². The first kappa shape index (κ1) is 18.6. The summed E-state index contributed by atoms with van der Waals surface area (Å²) in [6, 6.07) is 8.29. The van der Waals surface area contributed by atoms with Crippen LogP contribution in [-0.2, 0) is 9.59 Å². The maximum absolute atomic E-state index is 12.1. The lowest BCUT2D eigenvalue weighted by atomic mass is 10.1. The Morgan fingerprint density at radius 2 is 1.46 bits per heavy atom. The van der Waals surface area contributed by atoms with Crippen LogP contribution < -0.4 is 10.6 Å². The van der Waals surface area contributed by atoms with Crippen molar-refractivity contribution in [3.05, 3.63) is 56.5 Å². The highest BCUT2D eigenvalue weighted by Crippen LogP contribution is 2.27. The van der Waals surface area contributed by atoms with Crippen LogP contribution in [0.15, 0.2) is 30.3 Å². The van der Waals surface area contributed by atoms with Gasteiger partial charge in [-0.15, -0.1) is 0 Å².